The van der Waals surface area contributed by atoms with Gasteiger partial charge in [0.05, 0.1) is 25.7 Å². The zero-order chi connectivity index (χ0) is 17.6. The lowest BCUT2D eigenvalue weighted by Gasteiger charge is -2.25. The molecule has 1 aliphatic rings. The summed E-state index contributed by atoms with van der Waals surface area (Å²) in [6.45, 7) is 7.74. The molecule has 1 aliphatic heterocycles. The summed E-state index contributed by atoms with van der Waals surface area (Å²) >= 11 is 0. The molecule has 24 heavy (non-hydrogen) atoms. The van der Waals surface area contributed by atoms with Crippen molar-refractivity contribution in [3.8, 4) is 5.75 Å². The van der Waals surface area contributed by atoms with E-state index in [1.165, 1.54) is 0 Å². The number of hydrogen-bond donors (Lipinski definition) is 1. The van der Waals surface area contributed by atoms with Gasteiger partial charge in [0.15, 0.2) is 11.3 Å². The first-order chi connectivity index (χ1) is 11.3. The van der Waals surface area contributed by atoms with Gasteiger partial charge in [-0.2, -0.15) is 0 Å². The molecule has 0 aliphatic carbocycles. The lowest BCUT2D eigenvalue weighted by atomic mass is 9.96. The first-order valence-electron chi connectivity index (χ1n) is 7.97. The van der Waals surface area contributed by atoms with Gasteiger partial charge < -0.3 is 19.0 Å². The molecule has 1 amide bonds. The van der Waals surface area contributed by atoms with Crippen LogP contribution in [-0.4, -0.2) is 37.1 Å². The average molecular weight is 333 g/mol. The molecule has 2 heterocycles. The van der Waals surface area contributed by atoms with Crippen LogP contribution < -0.4 is 9.64 Å². The summed E-state index contributed by atoms with van der Waals surface area (Å²) < 4.78 is 16.6. The van der Waals surface area contributed by atoms with E-state index in [-0.39, 0.29) is 12.5 Å². The summed E-state index contributed by atoms with van der Waals surface area (Å²) in [6, 6.07) is 1.78. The number of aliphatic hydroxyl groups excluding tert-OH is 1. The number of carbonyl (C=O) groups is 1. The van der Waals surface area contributed by atoms with Crippen molar-refractivity contribution in [3.63, 3.8) is 0 Å². The van der Waals surface area contributed by atoms with Crippen molar-refractivity contribution in [2.75, 3.05) is 25.2 Å². The molecule has 0 unspecified atom stereocenters. The molecule has 6 nitrogen and oxygen atoms in total. The minimum Gasteiger partial charge on any atom is -0.493 e. The van der Waals surface area contributed by atoms with E-state index < -0.39 is 11.7 Å². The van der Waals surface area contributed by atoms with Crippen molar-refractivity contribution in [3.05, 3.63) is 23.5 Å². The van der Waals surface area contributed by atoms with Gasteiger partial charge in [0, 0.05) is 23.9 Å². The van der Waals surface area contributed by atoms with Crippen molar-refractivity contribution >= 4 is 22.7 Å². The number of benzene rings is 1. The monoisotopic (exact) mass is 333 g/mol. The second-order valence-electron chi connectivity index (χ2n) is 7.10. The van der Waals surface area contributed by atoms with Crippen LogP contribution in [0.25, 0.3) is 11.0 Å². The predicted molar refractivity (Wildman–Crippen MR) is 90.9 cm³/mol. The molecule has 0 fully saturated rings. The quantitative estimate of drug-likeness (QED) is 0.909. The van der Waals surface area contributed by atoms with E-state index in [0.717, 1.165) is 16.5 Å². The third-order valence-corrected chi connectivity index (χ3v) is 4.17. The van der Waals surface area contributed by atoms with Crippen LogP contribution in [0.4, 0.5) is 10.5 Å². The van der Waals surface area contributed by atoms with Crippen LogP contribution in [0.1, 0.15) is 37.8 Å². The number of nitrogens with zero attached hydrogens (tertiary/aromatic N) is 1. The van der Waals surface area contributed by atoms with Crippen molar-refractivity contribution < 1.29 is 23.8 Å². The number of aliphatic hydroxyl groups is 1. The van der Waals surface area contributed by atoms with Crippen molar-refractivity contribution in [1.82, 2.24) is 0 Å². The van der Waals surface area contributed by atoms with Gasteiger partial charge in [-0.3, -0.25) is 4.90 Å². The molecular weight excluding hydrogens is 310 g/mol. The zero-order valence-corrected chi connectivity index (χ0v) is 14.7. The number of anilines is 1. The maximum atomic E-state index is 12.6. The standard InChI is InChI=1S/C18H23NO5/c1-10-9-23-16-13(22-5)6-12-15(14(10)16)11(8-20)7-19(12)17(21)24-18(2,3)4/h6,9,11,20H,7-8H2,1-5H3/t11-/m0/s1. The molecule has 2 aromatic rings. The van der Waals surface area contributed by atoms with E-state index in [9.17, 15) is 9.90 Å². The highest BCUT2D eigenvalue weighted by Gasteiger charge is 2.37. The first-order valence-corrected chi connectivity index (χ1v) is 7.97. The van der Waals surface area contributed by atoms with Crippen LogP contribution in [0.2, 0.25) is 0 Å². The number of fused-ring (bicyclic) bond motifs is 3. The van der Waals surface area contributed by atoms with E-state index in [0.29, 0.717) is 23.6 Å². The van der Waals surface area contributed by atoms with Gasteiger partial charge in [0.1, 0.15) is 5.60 Å². The van der Waals surface area contributed by atoms with E-state index >= 15 is 0 Å². The number of hydrogen-bond acceptors (Lipinski definition) is 5. The van der Waals surface area contributed by atoms with Crippen molar-refractivity contribution in [2.45, 2.75) is 39.2 Å². The molecule has 0 radical (unpaired) electrons. The van der Waals surface area contributed by atoms with Crippen LogP contribution in [0, 0.1) is 6.92 Å². The van der Waals surface area contributed by atoms with E-state index in [1.807, 2.05) is 27.7 Å². The molecule has 0 saturated heterocycles. The van der Waals surface area contributed by atoms with Gasteiger partial charge in [0.25, 0.3) is 0 Å². The fraction of sp³-hybridized carbons (Fsp3) is 0.500. The third kappa shape index (κ3) is 2.60. The van der Waals surface area contributed by atoms with Gasteiger partial charge in [-0.05, 0) is 38.8 Å². The van der Waals surface area contributed by atoms with Gasteiger partial charge >= 0.3 is 6.09 Å². The number of amides is 1. The minimum atomic E-state index is -0.589. The first kappa shape index (κ1) is 16.6. The van der Waals surface area contributed by atoms with Crippen LogP contribution in [0.5, 0.6) is 5.75 Å². The van der Waals surface area contributed by atoms with Gasteiger partial charge in [-0.1, -0.05) is 0 Å². The number of ether oxygens (including phenoxy) is 2. The highest BCUT2D eigenvalue weighted by molar-refractivity contribution is 6.01. The fourth-order valence-corrected chi connectivity index (χ4v) is 3.19. The number of rotatable bonds is 2. The largest absolute Gasteiger partial charge is 0.493 e. The summed E-state index contributed by atoms with van der Waals surface area (Å²) in [5.74, 6) is 0.376. The maximum Gasteiger partial charge on any atom is 0.414 e. The number of aryl methyl sites for hydroxylation is 1. The molecule has 1 aromatic heterocycles. The Bertz CT molecular complexity index is 787. The molecule has 6 heteroatoms. The third-order valence-electron chi connectivity index (χ3n) is 4.17. The summed E-state index contributed by atoms with van der Waals surface area (Å²) in [4.78, 5) is 14.2. The van der Waals surface area contributed by atoms with E-state index in [1.54, 1.807) is 24.3 Å². The topological polar surface area (TPSA) is 72.1 Å². The SMILES string of the molecule is COc1cc2c(c3c(C)coc13)[C@H](CO)CN2C(=O)OC(C)(C)C. The lowest BCUT2D eigenvalue weighted by molar-refractivity contribution is 0.0581. The zero-order valence-electron chi connectivity index (χ0n) is 14.7. The van der Waals surface area contributed by atoms with Crippen LogP contribution in [-0.2, 0) is 4.74 Å². The second-order valence-corrected chi connectivity index (χ2v) is 7.10. The number of methoxy groups -OCH3 is 1. The van der Waals surface area contributed by atoms with Crippen LogP contribution in [0.15, 0.2) is 16.7 Å². The van der Waals surface area contributed by atoms with Crippen molar-refractivity contribution in [1.29, 1.82) is 0 Å². The second kappa shape index (κ2) is 5.70. The molecule has 0 saturated carbocycles. The Hall–Kier alpha value is -2.21. The average Bonchev–Trinajstić information content (AvgIpc) is 3.05. The van der Waals surface area contributed by atoms with Gasteiger partial charge in [0.2, 0.25) is 0 Å². The Labute approximate surface area is 140 Å². The smallest absolute Gasteiger partial charge is 0.414 e. The summed E-state index contributed by atoms with van der Waals surface area (Å²) in [5, 5.41) is 10.7. The highest BCUT2D eigenvalue weighted by atomic mass is 16.6. The number of furan rings is 1. The summed E-state index contributed by atoms with van der Waals surface area (Å²) in [5.41, 5.74) is 2.61. The van der Waals surface area contributed by atoms with Crippen LogP contribution in [0.3, 0.4) is 0 Å². The van der Waals surface area contributed by atoms with Gasteiger partial charge in [-0.15, -0.1) is 0 Å². The molecule has 1 atom stereocenters. The molecule has 130 valence electrons. The highest BCUT2D eigenvalue weighted by Crippen LogP contribution is 2.46. The lowest BCUT2D eigenvalue weighted by Crippen LogP contribution is -2.36. The molecule has 3 rings (SSSR count). The summed E-state index contributed by atoms with van der Waals surface area (Å²) in [7, 11) is 1.56. The van der Waals surface area contributed by atoms with E-state index in [2.05, 4.69) is 0 Å². The van der Waals surface area contributed by atoms with Crippen LogP contribution >= 0.6 is 0 Å². The molecule has 0 spiro atoms. The Balaban J connectivity index is 2.17. The number of carbonyl (C=O) groups excluding carboxylic acids is 1. The van der Waals surface area contributed by atoms with Gasteiger partial charge in [-0.25, -0.2) is 4.79 Å². The van der Waals surface area contributed by atoms with E-state index in [4.69, 9.17) is 13.9 Å². The predicted octanol–water partition coefficient (Wildman–Crippen LogP) is 3.58. The minimum absolute atomic E-state index is 0.0572. The molecule has 0 bridgehead atoms. The van der Waals surface area contributed by atoms with Crippen molar-refractivity contribution in [2.24, 2.45) is 0 Å². The Kier molecular flexibility index (Phi) is 3.95. The summed E-state index contributed by atoms with van der Waals surface area (Å²) in [6.07, 6.45) is 1.24. The Morgan fingerprint density at radius 2 is 2.17 bits per heavy atom. The Morgan fingerprint density at radius 3 is 2.75 bits per heavy atom. The molecule has 1 N–H and O–H groups in total. The molecule has 1 aromatic carbocycles. The maximum absolute atomic E-state index is 12.6. The molecular formula is C18H23NO5. The fourth-order valence-electron chi connectivity index (χ4n) is 3.19. The normalized spacial score (nSPS) is 17.2. The Morgan fingerprint density at radius 1 is 1.46 bits per heavy atom.